The van der Waals surface area contributed by atoms with Crippen LogP contribution in [0, 0.1) is 22.7 Å². The van der Waals surface area contributed by atoms with E-state index in [0.717, 1.165) is 37.7 Å². The highest BCUT2D eigenvalue weighted by Gasteiger charge is 1.94. The third-order valence-electron chi connectivity index (χ3n) is 3.68. The Labute approximate surface area is 150 Å². The van der Waals surface area contributed by atoms with E-state index in [2.05, 4.69) is 18.7 Å². The van der Waals surface area contributed by atoms with Gasteiger partial charge in [0.05, 0.1) is 23.3 Å². The Balaban J connectivity index is 0.000000251. The number of aryl methyl sites for hydroxylation is 2. The van der Waals surface area contributed by atoms with E-state index in [1.54, 1.807) is 0 Å². The fourth-order valence-electron chi connectivity index (χ4n) is 2.20. The lowest BCUT2D eigenvalue weighted by Crippen LogP contribution is -1.88. The van der Waals surface area contributed by atoms with Gasteiger partial charge >= 0.3 is 0 Å². The van der Waals surface area contributed by atoms with Crippen molar-refractivity contribution in [2.45, 2.75) is 32.1 Å². The van der Waals surface area contributed by atoms with E-state index in [0.29, 0.717) is 5.56 Å². The average molecular weight is 332 g/mol. The average Bonchev–Trinajstić information content (AvgIpc) is 2.68. The number of rotatable bonds is 7. The standard InChI is InChI=1S/C11H13NO.C11H11N/c12-9-11-6-4-10(5-7-11)3-1-2-8-13;1-2-3-4-10-5-7-11(9-12)8-6-10/h4-7,13H,1-3,8H2;2,5-8H,1,3-4H2. The minimum absolute atomic E-state index is 0.260. The molecular weight excluding hydrogens is 308 g/mol. The van der Waals surface area contributed by atoms with Crippen LogP contribution in [-0.4, -0.2) is 11.7 Å². The van der Waals surface area contributed by atoms with Crippen molar-refractivity contribution in [3.8, 4) is 12.1 Å². The molecule has 0 radical (unpaired) electrons. The van der Waals surface area contributed by atoms with E-state index in [4.69, 9.17) is 15.6 Å². The number of unbranched alkanes of at least 4 members (excludes halogenated alkanes) is 1. The molecule has 128 valence electrons. The van der Waals surface area contributed by atoms with Crippen LogP contribution < -0.4 is 0 Å². The van der Waals surface area contributed by atoms with Crippen LogP contribution in [0.5, 0.6) is 0 Å². The maximum Gasteiger partial charge on any atom is 0.0991 e. The topological polar surface area (TPSA) is 67.8 Å². The van der Waals surface area contributed by atoms with Crippen LogP contribution in [0.25, 0.3) is 0 Å². The van der Waals surface area contributed by atoms with E-state index in [1.165, 1.54) is 11.1 Å². The zero-order chi connectivity index (χ0) is 18.3. The summed E-state index contributed by atoms with van der Waals surface area (Å²) in [5.41, 5.74) is 3.91. The highest BCUT2D eigenvalue weighted by atomic mass is 16.2. The number of nitrogens with zero attached hydrogens (tertiary/aromatic N) is 2. The molecule has 0 fully saturated rings. The Hall–Kier alpha value is -2.88. The molecule has 0 spiro atoms. The summed E-state index contributed by atoms with van der Waals surface area (Å²) in [6.45, 7) is 3.92. The monoisotopic (exact) mass is 332 g/mol. The lowest BCUT2D eigenvalue weighted by Gasteiger charge is -1.99. The third kappa shape index (κ3) is 8.51. The summed E-state index contributed by atoms with van der Waals surface area (Å²) in [6, 6.07) is 19.4. The van der Waals surface area contributed by atoms with Gasteiger partial charge in [-0.1, -0.05) is 30.3 Å². The minimum Gasteiger partial charge on any atom is -0.396 e. The van der Waals surface area contributed by atoms with Gasteiger partial charge in [0.2, 0.25) is 0 Å². The van der Waals surface area contributed by atoms with Gasteiger partial charge in [0, 0.05) is 6.61 Å². The second-order valence-corrected chi connectivity index (χ2v) is 5.63. The van der Waals surface area contributed by atoms with Crippen molar-refractivity contribution in [3.63, 3.8) is 0 Å². The predicted molar refractivity (Wildman–Crippen MR) is 101 cm³/mol. The van der Waals surface area contributed by atoms with Gasteiger partial charge in [-0.3, -0.25) is 0 Å². The molecule has 25 heavy (non-hydrogen) atoms. The summed E-state index contributed by atoms with van der Waals surface area (Å²) in [6.07, 6.45) is 6.73. The maximum absolute atomic E-state index is 8.58. The molecule has 0 aliphatic rings. The summed E-state index contributed by atoms with van der Waals surface area (Å²) in [5, 5.41) is 25.7. The quantitative estimate of drug-likeness (QED) is 0.597. The van der Waals surface area contributed by atoms with Crippen LogP contribution in [0.4, 0.5) is 0 Å². The molecule has 0 heterocycles. The molecule has 0 bridgehead atoms. The second kappa shape index (κ2) is 12.5. The molecule has 0 saturated carbocycles. The SMILES string of the molecule is C=CCCc1ccc(C#N)cc1.N#Cc1ccc(CCCCO)cc1. The first-order valence-electron chi connectivity index (χ1n) is 8.43. The molecule has 0 aliphatic heterocycles. The van der Waals surface area contributed by atoms with E-state index >= 15 is 0 Å². The van der Waals surface area contributed by atoms with Crippen molar-refractivity contribution in [2.75, 3.05) is 6.61 Å². The van der Waals surface area contributed by atoms with Crippen LogP contribution in [-0.2, 0) is 12.8 Å². The molecule has 2 aromatic rings. The van der Waals surface area contributed by atoms with Gasteiger partial charge in [-0.05, 0) is 67.5 Å². The largest absolute Gasteiger partial charge is 0.396 e. The Morgan fingerprint density at radius 1 is 0.800 bits per heavy atom. The number of allylic oxidation sites excluding steroid dienone is 1. The molecule has 0 amide bonds. The molecule has 0 aromatic heterocycles. The number of aliphatic hydroxyl groups is 1. The number of hydrogen-bond donors (Lipinski definition) is 1. The van der Waals surface area contributed by atoms with E-state index in [9.17, 15) is 0 Å². The molecule has 0 aliphatic carbocycles. The summed E-state index contributed by atoms with van der Waals surface area (Å²) in [4.78, 5) is 0. The predicted octanol–water partition coefficient (Wildman–Crippen LogP) is 4.55. The molecule has 3 heteroatoms. The molecule has 0 unspecified atom stereocenters. The summed E-state index contributed by atoms with van der Waals surface area (Å²) < 4.78 is 0. The summed E-state index contributed by atoms with van der Waals surface area (Å²) in [5.74, 6) is 0. The maximum atomic E-state index is 8.58. The minimum atomic E-state index is 0.260. The molecule has 0 atom stereocenters. The van der Waals surface area contributed by atoms with Crippen molar-refractivity contribution >= 4 is 0 Å². The normalized spacial score (nSPS) is 9.24. The first-order chi connectivity index (χ1) is 12.2. The van der Waals surface area contributed by atoms with Crippen molar-refractivity contribution in [3.05, 3.63) is 83.4 Å². The van der Waals surface area contributed by atoms with Crippen molar-refractivity contribution in [2.24, 2.45) is 0 Å². The van der Waals surface area contributed by atoms with Gasteiger partial charge in [-0.2, -0.15) is 10.5 Å². The van der Waals surface area contributed by atoms with Crippen molar-refractivity contribution in [1.29, 1.82) is 10.5 Å². The number of hydrogen-bond acceptors (Lipinski definition) is 3. The Morgan fingerprint density at radius 2 is 1.28 bits per heavy atom. The van der Waals surface area contributed by atoms with Gasteiger partial charge < -0.3 is 5.11 Å². The number of benzene rings is 2. The lowest BCUT2D eigenvalue weighted by molar-refractivity contribution is 0.284. The van der Waals surface area contributed by atoms with Crippen LogP contribution in [0.2, 0.25) is 0 Å². The fraction of sp³-hybridized carbons (Fsp3) is 0.273. The zero-order valence-electron chi connectivity index (χ0n) is 14.5. The van der Waals surface area contributed by atoms with Crippen molar-refractivity contribution in [1.82, 2.24) is 0 Å². The summed E-state index contributed by atoms with van der Waals surface area (Å²) >= 11 is 0. The first-order valence-corrected chi connectivity index (χ1v) is 8.43. The van der Waals surface area contributed by atoms with Gasteiger partial charge in [0.1, 0.15) is 0 Å². The van der Waals surface area contributed by atoms with Gasteiger partial charge in [0.15, 0.2) is 0 Å². The van der Waals surface area contributed by atoms with Crippen LogP contribution >= 0.6 is 0 Å². The van der Waals surface area contributed by atoms with Gasteiger partial charge in [-0.15, -0.1) is 6.58 Å². The highest BCUT2D eigenvalue weighted by molar-refractivity contribution is 5.32. The first kappa shape index (κ1) is 20.2. The molecule has 3 nitrogen and oxygen atoms in total. The Kier molecular flexibility index (Phi) is 10.1. The molecule has 1 N–H and O–H groups in total. The molecule has 2 aromatic carbocycles. The zero-order valence-corrected chi connectivity index (χ0v) is 14.5. The second-order valence-electron chi connectivity index (χ2n) is 5.63. The molecule has 0 saturated heterocycles. The number of aliphatic hydroxyl groups excluding tert-OH is 1. The smallest absolute Gasteiger partial charge is 0.0991 e. The van der Waals surface area contributed by atoms with Crippen LogP contribution in [0.3, 0.4) is 0 Å². The van der Waals surface area contributed by atoms with Crippen LogP contribution in [0.1, 0.15) is 41.5 Å². The summed E-state index contributed by atoms with van der Waals surface area (Å²) in [7, 11) is 0. The number of nitriles is 2. The van der Waals surface area contributed by atoms with E-state index in [1.807, 2.05) is 54.6 Å². The van der Waals surface area contributed by atoms with E-state index < -0.39 is 0 Å². The Bertz CT molecular complexity index is 704. The van der Waals surface area contributed by atoms with E-state index in [-0.39, 0.29) is 6.61 Å². The highest BCUT2D eigenvalue weighted by Crippen LogP contribution is 2.07. The molecule has 2 rings (SSSR count). The van der Waals surface area contributed by atoms with Gasteiger partial charge in [0.25, 0.3) is 0 Å². The fourth-order valence-corrected chi connectivity index (χ4v) is 2.20. The lowest BCUT2D eigenvalue weighted by atomic mass is 10.1. The third-order valence-corrected chi connectivity index (χ3v) is 3.68. The van der Waals surface area contributed by atoms with Gasteiger partial charge in [-0.25, -0.2) is 0 Å². The van der Waals surface area contributed by atoms with Crippen LogP contribution in [0.15, 0.2) is 61.2 Å². The molecular formula is C22H24N2O. The Morgan fingerprint density at radius 3 is 1.68 bits per heavy atom. The van der Waals surface area contributed by atoms with Crippen molar-refractivity contribution < 1.29 is 5.11 Å².